The molecule has 0 aromatic carbocycles. The molecule has 3 rings (SSSR count). The molecule has 94 valence electrons. The number of piperazine rings is 1. The zero-order valence-corrected chi connectivity index (χ0v) is 11.3. The number of thiazole rings is 1. The second kappa shape index (κ2) is 5.04. The number of aromatic nitrogens is 1. The summed E-state index contributed by atoms with van der Waals surface area (Å²) in [6.45, 7) is 3.33. The minimum atomic E-state index is 0.453. The van der Waals surface area contributed by atoms with Crippen LogP contribution in [0.1, 0.15) is 48.3 Å². The van der Waals surface area contributed by atoms with E-state index in [1.807, 2.05) is 11.3 Å². The van der Waals surface area contributed by atoms with Gasteiger partial charge in [0.2, 0.25) is 0 Å². The minimum absolute atomic E-state index is 0.453. The van der Waals surface area contributed by atoms with Crippen molar-refractivity contribution in [2.24, 2.45) is 0 Å². The maximum Gasteiger partial charge on any atom is 0.111 e. The van der Waals surface area contributed by atoms with Crippen molar-refractivity contribution in [2.75, 3.05) is 26.7 Å². The van der Waals surface area contributed by atoms with Crippen molar-refractivity contribution in [3.05, 3.63) is 16.1 Å². The van der Waals surface area contributed by atoms with Crippen molar-refractivity contribution < 1.29 is 0 Å². The number of rotatable bonds is 2. The van der Waals surface area contributed by atoms with Gasteiger partial charge in [-0.3, -0.25) is 0 Å². The van der Waals surface area contributed by atoms with E-state index >= 15 is 0 Å². The van der Waals surface area contributed by atoms with Gasteiger partial charge < -0.3 is 10.2 Å². The lowest BCUT2D eigenvalue weighted by Crippen LogP contribution is -2.43. The molecule has 3 nitrogen and oxygen atoms in total. The van der Waals surface area contributed by atoms with E-state index in [0.29, 0.717) is 6.04 Å². The Morgan fingerprint density at radius 1 is 1.41 bits per heavy atom. The highest BCUT2D eigenvalue weighted by atomic mass is 32.1. The number of hydrogen-bond acceptors (Lipinski definition) is 4. The summed E-state index contributed by atoms with van der Waals surface area (Å²) < 4.78 is 0. The Hall–Kier alpha value is -0.450. The van der Waals surface area contributed by atoms with Crippen LogP contribution < -0.4 is 5.32 Å². The third kappa shape index (κ3) is 2.54. The zero-order valence-electron chi connectivity index (χ0n) is 10.5. The zero-order chi connectivity index (χ0) is 11.7. The van der Waals surface area contributed by atoms with Gasteiger partial charge in [0.05, 0.1) is 11.7 Å². The maximum absolute atomic E-state index is 4.88. The monoisotopic (exact) mass is 251 g/mol. The fourth-order valence-corrected chi connectivity index (χ4v) is 3.90. The van der Waals surface area contributed by atoms with Gasteiger partial charge in [-0.15, -0.1) is 11.3 Å². The maximum atomic E-state index is 4.88. The van der Waals surface area contributed by atoms with Crippen LogP contribution in [-0.4, -0.2) is 36.6 Å². The van der Waals surface area contributed by atoms with E-state index in [4.69, 9.17) is 4.98 Å². The molecule has 2 heterocycles. The highest BCUT2D eigenvalue weighted by molar-refractivity contribution is 7.09. The van der Waals surface area contributed by atoms with E-state index < -0.39 is 0 Å². The van der Waals surface area contributed by atoms with Gasteiger partial charge in [-0.1, -0.05) is 12.8 Å². The van der Waals surface area contributed by atoms with Gasteiger partial charge in [0.1, 0.15) is 5.01 Å². The van der Waals surface area contributed by atoms with Crippen LogP contribution in [0.3, 0.4) is 0 Å². The molecule has 1 saturated heterocycles. The van der Waals surface area contributed by atoms with Crippen LogP contribution in [0.4, 0.5) is 0 Å². The van der Waals surface area contributed by atoms with Gasteiger partial charge in [-0.2, -0.15) is 0 Å². The largest absolute Gasteiger partial charge is 0.306 e. The third-order valence-electron chi connectivity index (χ3n) is 3.99. The van der Waals surface area contributed by atoms with Crippen LogP contribution in [0.5, 0.6) is 0 Å². The van der Waals surface area contributed by atoms with E-state index in [-0.39, 0.29) is 0 Å². The van der Waals surface area contributed by atoms with Gasteiger partial charge in [-0.05, 0) is 19.9 Å². The Labute approximate surface area is 107 Å². The Bertz CT molecular complexity index is 370. The molecule has 1 atom stereocenters. The molecule has 17 heavy (non-hydrogen) atoms. The average molecular weight is 251 g/mol. The molecular weight excluding hydrogens is 230 g/mol. The highest BCUT2D eigenvalue weighted by Gasteiger charge is 2.24. The molecular formula is C13H21N3S. The van der Waals surface area contributed by atoms with Crippen molar-refractivity contribution in [1.82, 2.24) is 15.2 Å². The average Bonchev–Trinajstić information content (AvgIpc) is 3.00. The molecule has 1 N–H and O–H groups in total. The van der Waals surface area contributed by atoms with Crippen molar-refractivity contribution >= 4 is 11.3 Å². The third-order valence-corrected chi connectivity index (χ3v) is 4.97. The second-order valence-electron chi connectivity index (χ2n) is 5.36. The van der Waals surface area contributed by atoms with Crippen molar-refractivity contribution in [3.63, 3.8) is 0 Å². The van der Waals surface area contributed by atoms with Crippen LogP contribution in [0, 0.1) is 0 Å². The second-order valence-corrected chi connectivity index (χ2v) is 6.25. The lowest BCUT2D eigenvalue weighted by atomic mass is 10.1. The van der Waals surface area contributed by atoms with Crippen molar-refractivity contribution in [3.8, 4) is 0 Å². The molecule has 1 aliphatic carbocycles. The van der Waals surface area contributed by atoms with Crippen LogP contribution in [-0.2, 0) is 0 Å². The van der Waals surface area contributed by atoms with Gasteiger partial charge in [0.15, 0.2) is 0 Å². The predicted molar refractivity (Wildman–Crippen MR) is 71.6 cm³/mol. The molecule has 1 aromatic rings. The molecule has 1 aliphatic heterocycles. The highest BCUT2D eigenvalue weighted by Crippen LogP contribution is 2.35. The van der Waals surface area contributed by atoms with Crippen LogP contribution >= 0.6 is 11.3 Å². The van der Waals surface area contributed by atoms with Crippen LogP contribution in [0.15, 0.2) is 5.38 Å². The van der Waals surface area contributed by atoms with E-state index in [9.17, 15) is 0 Å². The summed E-state index contributed by atoms with van der Waals surface area (Å²) in [4.78, 5) is 7.27. The first kappa shape index (κ1) is 11.6. The molecule has 4 heteroatoms. The minimum Gasteiger partial charge on any atom is -0.306 e. The Morgan fingerprint density at radius 3 is 3.00 bits per heavy atom. The lowest BCUT2D eigenvalue weighted by Gasteiger charge is -2.29. The first-order valence-corrected chi connectivity index (χ1v) is 7.58. The molecule has 0 bridgehead atoms. The van der Waals surface area contributed by atoms with Crippen LogP contribution in [0.2, 0.25) is 0 Å². The summed E-state index contributed by atoms with van der Waals surface area (Å²) in [7, 11) is 2.19. The number of nitrogens with zero attached hydrogens (tertiary/aromatic N) is 2. The van der Waals surface area contributed by atoms with Gasteiger partial charge in [0.25, 0.3) is 0 Å². The molecule has 1 saturated carbocycles. The van der Waals surface area contributed by atoms with Gasteiger partial charge in [0, 0.05) is 30.9 Å². The number of nitrogens with one attached hydrogen (secondary N) is 1. The molecule has 0 radical (unpaired) electrons. The van der Waals surface area contributed by atoms with E-state index in [0.717, 1.165) is 25.6 Å². The normalized spacial score (nSPS) is 27.7. The standard InChI is InChI=1S/C13H21N3S/c1-16-7-6-14-11(8-16)13-15-12(9-17-13)10-4-2-3-5-10/h9-11,14H,2-8H2,1H3. The first-order valence-electron chi connectivity index (χ1n) is 6.70. The quantitative estimate of drug-likeness (QED) is 0.874. The summed E-state index contributed by atoms with van der Waals surface area (Å²) in [5, 5.41) is 7.16. The molecule has 0 amide bonds. The molecule has 0 spiro atoms. The van der Waals surface area contributed by atoms with Gasteiger partial charge >= 0.3 is 0 Å². The molecule has 2 aliphatic rings. The summed E-state index contributed by atoms with van der Waals surface area (Å²) in [6.07, 6.45) is 5.48. The molecule has 1 unspecified atom stereocenters. The topological polar surface area (TPSA) is 28.2 Å². The predicted octanol–water partition coefficient (Wildman–Crippen LogP) is 2.38. The molecule has 2 fully saturated rings. The molecule has 1 aromatic heterocycles. The first-order chi connectivity index (χ1) is 8.33. The SMILES string of the molecule is CN1CCNC(c2nc(C3CCCC3)cs2)C1. The van der Waals surface area contributed by atoms with E-state index in [1.54, 1.807) is 0 Å². The summed E-state index contributed by atoms with van der Waals surface area (Å²) in [5.74, 6) is 0.751. The Morgan fingerprint density at radius 2 is 2.24 bits per heavy atom. The lowest BCUT2D eigenvalue weighted by molar-refractivity contribution is 0.240. The Kier molecular flexibility index (Phi) is 3.45. The number of hydrogen-bond donors (Lipinski definition) is 1. The number of likely N-dealkylation sites (N-methyl/N-ethyl adjacent to an activating group) is 1. The fourth-order valence-electron chi connectivity index (χ4n) is 2.93. The van der Waals surface area contributed by atoms with Crippen molar-refractivity contribution in [2.45, 2.75) is 37.6 Å². The van der Waals surface area contributed by atoms with E-state index in [2.05, 4.69) is 22.6 Å². The van der Waals surface area contributed by atoms with Crippen LogP contribution in [0.25, 0.3) is 0 Å². The summed E-state index contributed by atoms with van der Waals surface area (Å²) >= 11 is 1.84. The smallest absolute Gasteiger partial charge is 0.111 e. The fraction of sp³-hybridized carbons (Fsp3) is 0.769. The summed E-state index contributed by atoms with van der Waals surface area (Å²) in [5.41, 5.74) is 1.36. The Balaban J connectivity index is 1.70. The van der Waals surface area contributed by atoms with E-state index in [1.165, 1.54) is 36.4 Å². The van der Waals surface area contributed by atoms with Gasteiger partial charge in [-0.25, -0.2) is 4.98 Å². The summed E-state index contributed by atoms with van der Waals surface area (Å²) in [6, 6.07) is 0.453. The van der Waals surface area contributed by atoms with Crippen molar-refractivity contribution in [1.29, 1.82) is 0 Å².